The van der Waals surface area contributed by atoms with Crippen molar-refractivity contribution < 1.29 is 9.53 Å². The molecule has 0 rings (SSSR count). The topological polar surface area (TPSA) is 26.3 Å². The summed E-state index contributed by atoms with van der Waals surface area (Å²) in [7, 11) is 1.55. The molecule has 0 bridgehead atoms. The van der Waals surface area contributed by atoms with Crippen molar-refractivity contribution >= 4 is 5.78 Å². The van der Waals surface area contributed by atoms with Crippen molar-refractivity contribution in [2.75, 3.05) is 7.11 Å². The fourth-order valence-corrected chi connectivity index (χ4v) is 3.76. The molecule has 0 aliphatic rings. The van der Waals surface area contributed by atoms with Crippen LogP contribution in [0.25, 0.3) is 0 Å². The Morgan fingerprint density at radius 3 is 1.63 bits per heavy atom. The van der Waals surface area contributed by atoms with Crippen molar-refractivity contribution in [3.63, 3.8) is 0 Å². The molecule has 236 valence electrons. The Hall–Kier alpha value is -3.23. The maximum atomic E-state index is 12.1. The standard InChI is InChI=1S/C41H60O2/c1-33(2)19-14-22-36(5)25-17-28-37(6)26-15-23-34(3)20-12-13-21-35(4)24-16-27-38(7)29-18-30-39(8)31-32-40(42)41(9,10)43-11/h12-13,15,18-21,23,25-27,29-32H,14,16-17,22,24,28H2,1-11H3/b13-12-,23-15+,29-18+,32-31+,34-20+,35-21+,36-25+,37-26+,38-27+,39-30+. The lowest BCUT2D eigenvalue weighted by Crippen LogP contribution is -2.32. The molecule has 43 heavy (non-hydrogen) atoms. The lowest BCUT2D eigenvalue weighted by molar-refractivity contribution is -0.131. The van der Waals surface area contributed by atoms with Gasteiger partial charge in [0.15, 0.2) is 5.78 Å². The highest BCUT2D eigenvalue weighted by atomic mass is 16.5. The Kier molecular flexibility index (Phi) is 21.5. The summed E-state index contributed by atoms with van der Waals surface area (Å²) in [5.74, 6) is -0.0434. The minimum atomic E-state index is -0.791. The molecule has 0 atom stereocenters. The zero-order valence-electron chi connectivity index (χ0n) is 29.2. The van der Waals surface area contributed by atoms with Crippen LogP contribution in [0.5, 0.6) is 0 Å². The van der Waals surface area contributed by atoms with E-state index in [1.165, 1.54) is 33.4 Å². The third kappa shape index (κ3) is 23.0. The molecule has 0 heterocycles. The van der Waals surface area contributed by atoms with Crippen LogP contribution >= 0.6 is 0 Å². The van der Waals surface area contributed by atoms with Gasteiger partial charge in [0.25, 0.3) is 0 Å². The monoisotopic (exact) mass is 584 g/mol. The summed E-state index contributed by atoms with van der Waals surface area (Å²) in [5.41, 5.74) is 8.34. The van der Waals surface area contributed by atoms with Crippen molar-refractivity contribution in [1.29, 1.82) is 0 Å². The number of hydrogen-bond donors (Lipinski definition) is 0. The second-order valence-electron chi connectivity index (χ2n) is 12.3. The molecule has 2 heteroatoms. The highest BCUT2D eigenvalue weighted by Gasteiger charge is 2.23. The molecule has 0 amide bonds. The molecule has 0 aliphatic carbocycles. The van der Waals surface area contributed by atoms with Gasteiger partial charge in [-0.25, -0.2) is 0 Å². The normalized spacial score (nSPS) is 15.1. The van der Waals surface area contributed by atoms with Gasteiger partial charge >= 0.3 is 0 Å². The van der Waals surface area contributed by atoms with Gasteiger partial charge in [-0.05, 0) is 114 Å². The van der Waals surface area contributed by atoms with Gasteiger partial charge in [0.1, 0.15) is 5.60 Å². The average molecular weight is 585 g/mol. The van der Waals surface area contributed by atoms with E-state index < -0.39 is 5.60 Å². The lowest BCUT2D eigenvalue weighted by Gasteiger charge is -2.18. The van der Waals surface area contributed by atoms with E-state index >= 15 is 0 Å². The van der Waals surface area contributed by atoms with Gasteiger partial charge in [-0.15, -0.1) is 0 Å². The fraction of sp³-hybridized carbons (Fsp3) is 0.439. The van der Waals surface area contributed by atoms with Crippen LogP contribution in [0.15, 0.2) is 130 Å². The van der Waals surface area contributed by atoms with Crippen molar-refractivity contribution in [3.05, 3.63) is 130 Å². The Balaban J connectivity index is 4.60. The third-order valence-corrected chi connectivity index (χ3v) is 7.04. The van der Waals surface area contributed by atoms with Gasteiger partial charge in [-0.3, -0.25) is 4.79 Å². The molecule has 0 radical (unpaired) electrons. The average Bonchev–Trinajstić information content (AvgIpc) is 2.93. The maximum absolute atomic E-state index is 12.1. The van der Waals surface area contributed by atoms with Crippen LogP contribution in [0, 0.1) is 0 Å². The zero-order chi connectivity index (χ0) is 32.7. The number of ether oxygens (including phenoxy) is 1. The van der Waals surface area contributed by atoms with E-state index in [0.717, 1.165) is 44.1 Å². The van der Waals surface area contributed by atoms with E-state index in [2.05, 4.69) is 115 Å². The summed E-state index contributed by atoms with van der Waals surface area (Å²) in [5, 5.41) is 0. The molecule has 2 nitrogen and oxygen atoms in total. The van der Waals surface area contributed by atoms with Crippen molar-refractivity contribution in [2.45, 2.75) is 113 Å². The first-order valence-corrected chi connectivity index (χ1v) is 15.7. The van der Waals surface area contributed by atoms with Gasteiger partial charge in [-0.2, -0.15) is 0 Å². The minimum Gasteiger partial charge on any atom is -0.371 e. The summed E-state index contributed by atoms with van der Waals surface area (Å²) in [6.07, 6.45) is 38.2. The molecule has 0 saturated carbocycles. The number of allylic oxidation sites excluding steroid dienone is 21. The van der Waals surface area contributed by atoms with Gasteiger partial charge in [0, 0.05) is 7.11 Å². The molecule has 0 unspecified atom stereocenters. The molecule has 0 N–H and O–H groups in total. The Morgan fingerprint density at radius 2 is 1.00 bits per heavy atom. The molecule has 0 spiro atoms. The van der Waals surface area contributed by atoms with Crippen LogP contribution in [0.4, 0.5) is 0 Å². The number of carbonyl (C=O) groups is 1. The van der Waals surface area contributed by atoms with Gasteiger partial charge in [0.2, 0.25) is 0 Å². The third-order valence-electron chi connectivity index (χ3n) is 7.04. The van der Waals surface area contributed by atoms with E-state index in [9.17, 15) is 4.79 Å². The second kappa shape index (κ2) is 23.3. The summed E-state index contributed by atoms with van der Waals surface area (Å²) in [6, 6.07) is 0. The molecule has 0 saturated heterocycles. The number of ketones is 1. The van der Waals surface area contributed by atoms with Crippen molar-refractivity contribution in [2.24, 2.45) is 0 Å². The predicted octanol–water partition coefficient (Wildman–Crippen LogP) is 12.2. The van der Waals surface area contributed by atoms with Crippen LogP contribution in [-0.4, -0.2) is 18.5 Å². The predicted molar refractivity (Wildman–Crippen MR) is 192 cm³/mol. The fourth-order valence-electron chi connectivity index (χ4n) is 3.76. The first kappa shape index (κ1) is 39.8. The SMILES string of the molecule is COC(C)(C)C(=O)/C=C/C(C)=C/C=C/C(C)=C/CC/C(C)=C/C=C\C=C(C)\C=C\C=C(/C)CC/C=C(\C)CCC=C(C)C. The smallest absolute Gasteiger partial charge is 0.186 e. The Bertz CT molecular complexity index is 1190. The van der Waals surface area contributed by atoms with Gasteiger partial charge in [-0.1, -0.05) is 124 Å². The summed E-state index contributed by atoms with van der Waals surface area (Å²) in [6.45, 7) is 20.7. The van der Waals surface area contributed by atoms with E-state index in [0.29, 0.717) is 0 Å². The Labute approximate surface area is 265 Å². The molecular formula is C41H60O2. The summed E-state index contributed by atoms with van der Waals surface area (Å²) in [4.78, 5) is 12.1. The van der Waals surface area contributed by atoms with Crippen molar-refractivity contribution in [3.8, 4) is 0 Å². The Morgan fingerprint density at radius 1 is 0.535 bits per heavy atom. The zero-order valence-corrected chi connectivity index (χ0v) is 29.2. The first-order valence-electron chi connectivity index (χ1n) is 15.7. The molecule has 0 aromatic heterocycles. The van der Waals surface area contributed by atoms with Gasteiger partial charge < -0.3 is 4.74 Å². The van der Waals surface area contributed by atoms with Crippen LogP contribution in [0.2, 0.25) is 0 Å². The molecule has 0 fully saturated rings. The van der Waals surface area contributed by atoms with E-state index in [4.69, 9.17) is 4.74 Å². The quantitative estimate of drug-likeness (QED) is 0.0857. The minimum absolute atomic E-state index is 0.0434. The van der Waals surface area contributed by atoms with E-state index in [1.54, 1.807) is 27.0 Å². The first-order chi connectivity index (χ1) is 20.3. The van der Waals surface area contributed by atoms with Crippen LogP contribution in [-0.2, 0) is 9.53 Å². The summed E-state index contributed by atoms with van der Waals surface area (Å²) < 4.78 is 5.22. The number of hydrogen-bond acceptors (Lipinski definition) is 2. The molecule has 0 aromatic carbocycles. The van der Waals surface area contributed by atoms with Crippen LogP contribution < -0.4 is 0 Å². The molecule has 0 aromatic rings. The number of rotatable bonds is 19. The van der Waals surface area contributed by atoms with Crippen LogP contribution in [0.3, 0.4) is 0 Å². The van der Waals surface area contributed by atoms with Crippen LogP contribution in [0.1, 0.15) is 108 Å². The molecular weight excluding hydrogens is 524 g/mol. The van der Waals surface area contributed by atoms with Gasteiger partial charge in [0.05, 0.1) is 0 Å². The highest BCUT2D eigenvalue weighted by molar-refractivity contribution is 5.96. The number of carbonyl (C=O) groups excluding carboxylic acids is 1. The maximum Gasteiger partial charge on any atom is 0.186 e. The molecule has 0 aliphatic heterocycles. The number of methoxy groups -OCH3 is 1. The summed E-state index contributed by atoms with van der Waals surface area (Å²) >= 11 is 0. The lowest BCUT2D eigenvalue weighted by atomic mass is 10.0. The second-order valence-corrected chi connectivity index (χ2v) is 12.3. The highest BCUT2D eigenvalue weighted by Crippen LogP contribution is 2.13. The van der Waals surface area contributed by atoms with E-state index in [-0.39, 0.29) is 5.78 Å². The van der Waals surface area contributed by atoms with Crippen molar-refractivity contribution in [1.82, 2.24) is 0 Å². The van der Waals surface area contributed by atoms with E-state index in [1.807, 2.05) is 25.2 Å². The largest absolute Gasteiger partial charge is 0.371 e.